The summed E-state index contributed by atoms with van der Waals surface area (Å²) in [6.45, 7) is 7.95. The third-order valence-corrected chi connectivity index (χ3v) is 5.02. The van der Waals surface area contributed by atoms with Gasteiger partial charge in [0.2, 0.25) is 0 Å². The Morgan fingerprint density at radius 2 is 2.05 bits per heavy atom. The predicted octanol–water partition coefficient (Wildman–Crippen LogP) is 2.61. The van der Waals surface area contributed by atoms with Gasteiger partial charge in [-0.1, -0.05) is 6.42 Å². The highest BCUT2D eigenvalue weighted by Gasteiger charge is 2.48. The second-order valence-electron chi connectivity index (χ2n) is 6.75. The van der Waals surface area contributed by atoms with Gasteiger partial charge in [0.1, 0.15) is 5.60 Å². The van der Waals surface area contributed by atoms with Gasteiger partial charge in [-0.25, -0.2) is 0 Å². The highest BCUT2D eigenvalue weighted by Crippen LogP contribution is 2.46. The zero-order valence-corrected chi connectivity index (χ0v) is 13.4. The average Bonchev–Trinajstić information content (AvgIpc) is 2.80. The van der Waals surface area contributed by atoms with Crippen LogP contribution in [0.25, 0.3) is 0 Å². The van der Waals surface area contributed by atoms with Gasteiger partial charge < -0.3 is 14.4 Å². The second-order valence-corrected chi connectivity index (χ2v) is 6.75. The molecule has 1 heterocycles. The molecule has 1 aliphatic heterocycles. The van der Waals surface area contributed by atoms with E-state index in [4.69, 9.17) is 9.47 Å². The quantitative estimate of drug-likeness (QED) is 0.796. The fourth-order valence-electron chi connectivity index (χ4n) is 4.08. The van der Waals surface area contributed by atoms with Crippen LogP contribution in [0, 0.1) is 5.41 Å². The molecular weight excluding hydrogens is 254 g/mol. The fraction of sp³-hybridized carbons (Fsp3) is 0.938. The molecule has 4 heteroatoms. The Labute approximate surface area is 122 Å². The molecule has 0 radical (unpaired) electrons. The van der Waals surface area contributed by atoms with Gasteiger partial charge in [0.05, 0.1) is 6.10 Å². The monoisotopic (exact) mass is 283 g/mol. The lowest BCUT2D eigenvalue weighted by atomic mass is 9.76. The Balaban J connectivity index is 2.09. The molecule has 1 amide bonds. The van der Waals surface area contributed by atoms with E-state index in [1.807, 2.05) is 32.8 Å². The standard InChI is InChI=1S/C16H29NO3/c1-5-20-15(2,3)14(18)17-11-7-10-16(12-17)9-6-8-13(16)19-4/h13H,5-12H2,1-4H3/t13-,16-/m1/s1. The Kier molecular flexibility index (Phi) is 4.75. The zero-order valence-electron chi connectivity index (χ0n) is 13.4. The normalized spacial score (nSPS) is 31.0. The van der Waals surface area contributed by atoms with Crippen LogP contribution in [0.15, 0.2) is 0 Å². The molecule has 0 aromatic rings. The third-order valence-electron chi connectivity index (χ3n) is 5.02. The van der Waals surface area contributed by atoms with Crippen molar-refractivity contribution < 1.29 is 14.3 Å². The van der Waals surface area contributed by atoms with Crippen molar-refractivity contribution in [2.75, 3.05) is 26.8 Å². The van der Waals surface area contributed by atoms with Crippen LogP contribution in [-0.2, 0) is 14.3 Å². The summed E-state index contributed by atoms with van der Waals surface area (Å²) in [4.78, 5) is 14.7. The van der Waals surface area contributed by atoms with Gasteiger partial charge in [-0.05, 0) is 46.5 Å². The lowest BCUT2D eigenvalue weighted by Gasteiger charge is -2.45. The topological polar surface area (TPSA) is 38.8 Å². The first-order valence-electron chi connectivity index (χ1n) is 7.91. The van der Waals surface area contributed by atoms with Crippen molar-refractivity contribution in [3.63, 3.8) is 0 Å². The molecule has 0 unspecified atom stereocenters. The lowest BCUT2D eigenvalue weighted by Crippen LogP contribution is -2.55. The van der Waals surface area contributed by atoms with Crippen molar-refractivity contribution in [3.05, 3.63) is 0 Å². The van der Waals surface area contributed by atoms with Crippen molar-refractivity contribution in [2.24, 2.45) is 5.41 Å². The summed E-state index contributed by atoms with van der Waals surface area (Å²) >= 11 is 0. The van der Waals surface area contributed by atoms with Gasteiger partial charge in [0.25, 0.3) is 5.91 Å². The number of rotatable bonds is 4. The van der Waals surface area contributed by atoms with Crippen LogP contribution < -0.4 is 0 Å². The van der Waals surface area contributed by atoms with Crippen LogP contribution in [0.3, 0.4) is 0 Å². The Bertz CT molecular complexity index is 356. The summed E-state index contributed by atoms with van der Waals surface area (Å²) in [6, 6.07) is 0. The number of piperidine rings is 1. The summed E-state index contributed by atoms with van der Waals surface area (Å²) in [6.07, 6.45) is 6.11. The molecule has 0 aromatic carbocycles. The summed E-state index contributed by atoms with van der Waals surface area (Å²) in [7, 11) is 1.81. The molecular formula is C16H29NO3. The van der Waals surface area contributed by atoms with E-state index in [1.165, 1.54) is 19.3 Å². The van der Waals surface area contributed by atoms with Crippen LogP contribution in [-0.4, -0.2) is 49.3 Å². The molecule has 2 rings (SSSR count). The van der Waals surface area contributed by atoms with Crippen molar-refractivity contribution in [3.8, 4) is 0 Å². The SMILES string of the molecule is CCOC(C)(C)C(=O)N1CCC[C@]2(CCC[C@H]2OC)C1. The van der Waals surface area contributed by atoms with Gasteiger partial charge in [-0.2, -0.15) is 0 Å². The molecule has 2 aliphatic rings. The fourth-order valence-corrected chi connectivity index (χ4v) is 4.08. The maximum atomic E-state index is 12.7. The van der Waals surface area contributed by atoms with E-state index in [0.29, 0.717) is 12.7 Å². The molecule has 1 saturated carbocycles. The molecule has 1 spiro atoms. The van der Waals surface area contributed by atoms with E-state index in [-0.39, 0.29) is 11.3 Å². The van der Waals surface area contributed by atoms with Crippen LogP contribution in [0.5, 0.6) is 0 Å². The van der Waals surface area contributed by atoms with E-state index >= 15 is 0 Å². The van der Waals surface area contributed by atoms with Crippen LogP contribution in [0.1, 0.15) is 52.9 Å². The van der Waals surface area contributed by atoms with Crippen LogP contribution in [0.2, 0.25) is 0 Å². The Hall–Kier alpha value is -0.610. The lowest BCUT2D eigenvalue weighted by molar-refractivity contribution is -0.159. The number of carbonyl (C=O) groups excluding carboxylic acids is 1. The molecule has 116 valence electrons. The second kappa shape index (κ2) is 6.02. The molecule has 0 bridgehead atoms. The molecule has 4 nitrogen and oxygen atoms in total. The first kappa shape index (κ1) is 15.8. The van der Waals surface area contributed by atoms with Crippen molar-refractivity contribution >= 4 is 5.91 Å². The summed E-state index contributed by atoms with van der Waals surface area (Å²) in [5.74, 6) is 0.125. The molecule has 0 aromatic heterocycles. The van der Waals surface area contributed by atoms with Crippen molar-refractivity contribution in [2.45, 2.75) is 64.6 Å². The number of likely N-dealkylation sites (tertiary alicyclic amines) is 1. The maximum absolute atomic E-state index is 12.7. The van der Waals surface area contributed by atoms with Gasteiger partial charge in [0.15, 0.2) is 0 Å². The molecule has 1 aliphatic carbocycles. The molecule has 2 fully saturated rings. The predicted molar refractivity (Wildman–Crippen MR) is 78.6 cm³/mol. The molecule has 20 heavy (non-hydrogen) atoms. The highest BCUT2D eigenvalue weighted by atomic mass is 16.5. The summed E-state index contributed by atoms with van der Waals surface area (Å²) in [5.41, 5.74) is -0.528. The maximum Gasteiger partial charge on any atom is 0.254 e. The van der Waals surface area contributed by atoms with Crippen LogP contribution in [0.4, 0.5) is 0 Å². The smallest absolute Gasteiger partial charge is 0.254 e. The van der Waals surface area contributed by atoms with Gasteiger partial charge in [0, 0.05) is 32.2 Å². The molecule has 1 saturated heterocycles. The van der Waals surface area contributed by atoms with E-state index in [2.05, 4.69) is 0 Å². The number of nitrogens with zero attached hydrogens (tertiary/aromatic N) is 1. The van der Waals surface area contributed by atoms with Gasteiger partial charge in [-0.3, -0.25) is 4.79 Å². The number of methoxy groups -OCH3 is 1. The number of amides is 1. The largest absolute Gasteiger partial charge is 0.381 e. The average molecular weight is 283 g/mol. The Morgan fingerprint density at radius 1 is 1.35 bits per heavy atom. The zero-order chi connectivity index (χ0) is 14.8. The van der Waals surface area contributed by atoms with Crippen LogP contribution >= 0.6 is 0 Å². The number of ether oxygens (including phenoxy) is 2. The number of hydrogen-bond acceptors (Lipinski definition) is 3. The number of hydrogen-bond donors (Lipinski definition) is 0. The van der Waals surface area contributed by atoms with Gasteiger partial charge >= 0.3 is 0 Å². The summed E-state index contributed by atoms with van der Waals surface area (Å²) < 4.78 is 11.3. The van der Waals surface area contributed by atoms with E-state index < -0.39 is 5.60 Å². The van der Waals surface area contributed by atoms with Crippen molar-refractivity contribution in [1.82, 2.24) is 4.90 Å². The summed E-state index contributed by atoms with van der Waals surface area (Å²) in [5, 5.41) is 0. The molecule has 2 atom stereocenters. The highest BCUT2D eigenvalue weighted by molar-refractivity contribution is 5.84. The van der Waals surface area contributed by atoms with Gasteiger partial charge in [-0.15, -0.1) is 0 Å². The molecule has 0 N–H and O–H groups in total. The van der Waals surface area contributed by atoms with E-state index in [0.717, 1.165) is 25.9 Å². The van der Waals surface area contributed by atoms with E-state index in [1.54, 1.807) is 0 Å². The minimum atomic E-state index is -0.714. The third kappa shape index (κ3) is 2.86. The van der Waals surface area contributed by atoms with E-state index in [9.17, 15) is 4.79 Å². The minimum Gasteiger partial charge on any atom is -0.381 e. The Morgan fingerprint density at radius 3 is 2.70 bits per heavy atom. The first-order valence-corrected chi connectivity index (χ1v) is 7.91. The first-order chi connectivity index (χ1) is 9.45. The minimum absolute atomic E-state index is 0.125. The number of carbonyl (C=O) groups is 1. The van der Waals surface area contributed by atoms with Crippen molar-refractivity contribution in [1.29, 1.82) is 0 Å².